The van der Waals surface area contributed by atoms with Crippen LogP contribution in [0.1, 0.15) is 48.0 Å². The van der Waals surface area contributed by atoms with Gasteiger partial charge in [-0.3, -0.25) is 0 Å². The molecular weight excluding hydrogens is 196 g/mol. The predicted octanol–water partition coefficient (Wildman–Crippen LogP) is 3.94. The topological polar surface area (TPSA) is 12.0 Å². The van der Waals surface area contributed by atoms with Crippen LogP contribution in [0.15, 0.2) is 0 Å². The van der Waals surface area contributed by atoms with Crippen molar-refractivity contribution in [3.05, 3.63) is 0 Å². The average Bonchev–Trinajstić information content (AvgIpc) is 2.22. The van der Waals surface area contributed by atoms with Gasteiger partial charge in [0.25, 0.3) is 5.92 Å². The lowest BCUT2D eigenvalue weighted by molar-refractivity contribution is -0.0895. The molecule has 0 amide bonds. The van der Waals surface area contributed by atoms with Gasteiger partial charge in [-0.15, -0.1) is 0 Å². The molecule has 1 atom stereocenters. The Balaban J connectivity index is 0. The molecule has 0 aromatic carbocycles. The Morgan fingerprint density at radius 3 is 1.87 bits per heavy atom. The SMILES string of the molecule is CC.CC.CC(C)C1CCNCC1(F)F. The average molecular weight is 223 g/mol. The first-order chi connectivity index (χ1) is 7.04. The Hall–Kier alpha value is -0.180. The minimum absolute atomic E-state index is 0.0899. The van der Waals surface area contributed by atoms with Gasteiger partial charge >= 0.3 is 0 Å². The van der Waals surface area contributed by atoms with Crippen molar-refractivity contribution in [1.82, 2.24) is 5.32 Å². The lowest BCUT2D eigenvalue weighted by Crippen LogP contribution is -2.47. The van der Waals surface area contributed by atoms with Crippen molar-refractivity contribution in [2.45, 2.75) is 53.9 Å². The van der Waals surface area contributed by atoms with Gasteiger partial charge in [0, 0.05) is 5.92 Å². The van der Waals surface area contributed by atoms with Crippen LogP contribution in [0.2, 0.25) is 0 Å². The molecule has 0 aromatic rings. The highest BCUT2D eigenvalue weighted by Gasteiger charge is 2.42. The molecule has 0 saturated carbocycles. The molecule has 1 heterocycles. The van der Waals surface area contributed by atoms with Crippen molar-refractivity contribution in [1.29, 1.82) is 0 Å². The van der Waals surface area contributed by atoms with Crippen LogP contribution < -0.4 is 5.32 Å². The maximum absolute atomic E-state index is 13.1. The van der Waals surface area contributed by atoms with E-state index >= 15 is 0 Å². The number of rotatable bonds is 1. The Bertz CT molecular complexity index is 136. The van der Waals surface area contributed by atoms with Crippen molar-refractivity contribution in [2.75, 3.05) is 13.1 Å². The lowest BCUT2D eigenvalue weighted by atomic mass is 9.84. The minimum Gasteiger partial charge on any atom is -0.311 e. The van der Waals surface area contributed by atoms with Gasteiger partial charge in [0.2, 0.25) is 0 Å². The summed E-state index contributed by atoms with van der Waals surface area (Å²) in [6, 6.07) is 0. The predicted molar refractivity (Wildman–Crippen MR) is 63.5 cm³/mol. The normalized spacial score (nSPS) is 23.4. The number of hydrogen-bond acceptors (Lipinski definition) is 1. The van der Waals surface area contributed by atoms with E-state index in [1.807, 2.05) is 41.5 Å². The van der Waals surface area contributed by atoms with Crippen molar-refractivity contribution >= 4 is 0 Å². The molecule has 1 fully saturated rings. The van der Waals surface area contributed by atoms with Gasteiger partial charge in [0.1, 0.15) is 0 Å². The molecule has 0 aliphatic carbocycles. The van der Waals surface area contributed by atoms with Gasteiger partial charge in [-0.05, 0) is 18.9 Å². The third-order valence-corrected chi connectivity index (χ3v) is 2.34. The lowest BCUT2D eigenvalue weighted by Gasteiger charge is -2.34. The highest BCUT2D eigenvalue weighted by atomic mass is 19.3. The van der Waals surface area contributed by atoms with E-state index in [4.69, 9.17) is 0 Å². The quantitative estimate of drug-likeness (QED) is 0.710. The van der Waals surface area contributed by atoms with E-state index in [0.29, 0.717) is 6.42 Å². The Morgan fingerprint density at radius 2 is 1.60 bits per heavy atom. The summed E-state index contributed by atoms with van der Waals surface area (Å²) in [5.74, 6) is -2.83. The van der Waals surface area contributed by atoms with E-state index in [-0.39, 0.29) is 12.5 Å². The number of hydrogen-bond donors (Lipinski definition) is 1. The zero-order valence-electron chi connectivity index (χ0n) is 11.0. The number of piperidine rings is 1. The molecule has 94 valence electrons. The summed E-state index contributed by atoms with van der Waals surface area (Å²) in [5, 5.41) is 2.71. The van der Waals surface area contributed by atoms with Gasteiger partial charge in [-0.1, -0.05) is 41.5 Å². The summed E-state index contributed by atoms with van der Waals surface area (Å²) in [5.41, 5.74) is 0. The fraction of sp³-hybridized carbons (Fsp3) is 1.00. The van der Waals surface area contributed by atoms with E-state index in [2.05, 4.69) is 5.32 Å². The second-order valence-corrected chi connectivity index (χ2v) is 3.58. The molecule has 0 bridgehead atoms. The molecule has 0 radical (unpaired) electrons. The van der Waals surface area contributed by atoms with Crippen LogP contribution in [0, 0.1) is 11.8 Å². The monoisotopic (exact) mass is 223 g/mol. The Labute approximate surface area is 93.6 Å². The van der Waals surface area contributed by atoms with Crippen molar-refractivity contribution in [2.24, 2.45) is 11.8 Å². The molecule has 1 nitrogen and oxygen atoms in total. The third kappa shape index (κ3) is 6.08. The molecule has 1 aliphatic rings. The molecule has 1 N–H and O–H groups in total. The molecule has 0 aromatic heterocycles. The fourth-order valence-electron chi connectivity index (χ4n) is 1.68. The fourth-order valence-corrected chi connectivity index (χ4v) is 1.68. The maximum atomic E-state index is 13.1. The van der Waals surface area contributed by atoms with Crippen LogP contribution in [0.5, 0.6) is 0 Å². The number of halogens is 2. The molecule has 1 rings (SSSR count). The molecule has 1 unspecified atom stereocenters. The van der Waals surface area contributed by atoms with E-state index < -0.39 is 11.8 Å². The van der Waals surface area contributed by atoms with E-state index in [1.54, 1.807) is 0 Å². The molecule has 1 saturated heterocycles. The summed E-state index contributed by atoms with van der Waals surface area (Å²) in [4.78, 5) is 0. The molecule has 0 spiro atoms. The second kappa shape index (κ2) is 9.08. The van der Waals surface area contributed by atoms with Crippen molar-refractivity contribution in [3.63, 3.8) is 0 Å². The van der Waals surface area contributed by atoms with Crippen molar-refractivity contribution < 1.29 is 8.78 Å². The highest BCUT2D eigenvalue weighted by Crippen LogP contribution is 2.34. The summed E-state index contributed by atoms with van der Waals surface area (Å²) < 4.78 is 26.1. The van der Waals surface area contributed by atoms with Gasteiger partial charge < -0.3 is 5.32 Å². The van der Waals surface area contributed by atoms with Crippen LogP contribution in [-0.4, -0.2) is 19.0 Å². The largest absolute Gasteiger partial charge is 0.311 e. The van der Waals surface area contributed by atoms with Crippen LogP contribution in [0.25, 0.3) is 0 Å². The number of nitrogens with one attached hydrogen (secondary N) is 1. The van der Waals surface area contributed by atoms with Crippen molar-refractivity contribution in [3.8, 4) is 0 Å². The highest BCUT2D eigenvalue weighted by molar-refractivity contribution is 4.85. The van der Waals surface area contributed by atoms with Crippen LogP contribution >= 0.6 is 0 Å². The number of alkyl halides is 2. The van der Waals surface area contributed by atoms with E-state index in [9.17, 15) is 8.78 Å². The summed E-state index contributed by atoms with van der Waals surface area (Å²) in [6.45, 7) is 12.3. The maximum Gasteiger partial charge on any atom is 0.263 e. The first kappa shape index (κ1) is 17.2. The summed E-state index contributed by atoms with van der Waals surface area (Å²) in [6.07, 6.45) is 0.602. The third-order valence-electron chi connectivity index (χ3n) is 2.34. The zero-order valence-corrected chi connectivity index (χ0v) is 11.0. The van der Waals surface area contributed by atoms with Gasteiger partial charge in [0.15, 0.2) is 0 Å². The van der Waals surface area contributed by atoms with Gasteiger partial charge in [-0.2, -0.15) is 0 Å². The van der Waals surface area contributed by atoms with Gasteiger partial charge in [-0.25, -0.2) is 8.78 Å². The van der Waals surface area contributed by atoms with E-state index in [1.165, 1.54) is 0 Å². The molecule has 3 heteroatoms. The van der Waals surface area contributed by atoms with Crippen LogP contribution in [-0.2, 0) is 0 Å². The Morgan fingerprint density at radius 1 is 1.13 bits per heavy atom. The molecular formula is C12H27F2N. The second-order valence-electron chi connectivity index (χ2n) is 3.58. The van der Waals surface area contributed by atoms with Crippen LogP contribution in [0.3, 0.4) is 0 Å². The smallest absolute Gasteiger partial charge is 0.263 e. The summed E-state index contributed by atoms with van der Waals surface area (Å²) >= 11 is 0. The first-order valence-electron chi connectivity index (χ1n) is 6.12. The van der Waals surface area contributed by atoms with Crippen LogP contribution in [0.4, 0.5) is 8.78 Å². The standard InChI is InChI=1S/C8H15F2N.2C2H6/c1-6(2)7-3-4-11-5-8(7,9)10;2*1-2/h6-7,11H,3-5H2,1-2H3;2*1-2H3. The summed E-state index contributed by atoms with van der Waals surface area (Å²) in [7, 11) is 0. The van der Waals surface area contributed by atoms with Gasteiger partial charge in [0.05, 0.1) is 6.54 Å². The van der Waals surface area contributed by atoms with E-state index in [0.717, 1.165) is 6.54 Å². The molecule has 15 heavy (non-hydrogen) atoms. The minimum atomic E-state index is -2.49. The first-order valence-corrected chi connectivity index (χ1v) is 6.12. The molecule has 1 aliphatic heterocycles. The Kier molecular flexibility index (Phi) is 10.4. The zero-order chi connectivity index (χ0) is 12.5.